The van der Waals surface area contributed by atoms with Gasteiger partial charge in [-0.3, -0.25) is 4.90 Å². The molecule has 3 nitrogen and oxygen atoms in total. The molecule has 2 heterocycles. The molecule has 2 unspecified atom stereocenters. The third-order valence-corrected chi connectivity index (χ3v) is 3.84. The molecule has 0 amide bonds. The summed E-state index contributed by atoms with van der Waals surface area (Å²) in [6, 6.07) is 0. The summed E-state index contributed by atoms with van der Waals surface area (Å²) in [6.45, 7) is 11.5. The lowest BCUT2D eigenvalue weighted by Gasteiger charge is -2.38. The Bertz CT molecular complexity index is 194. The first kappa shape index (κ1) is 11.4. The Hall–Kier alpha value is -0.120. The Morgan fingerprint density at radius 3 is 2.87 bits per heavy atom. The van der Waals surface area contributed by atoms with Gasteiger partial charge in [0.05, 0.1) is 12.7 Å². The Morgan fingerprint density at radius 2 is 2.27 bits per heavy atom. The molecule has 2 aliphatic rings. The number of nitrogens with zero attached hydrogens (tertiary/aromatic N) is 1. The molecule has 0 aromatic heterocycles. The standard InChI is InChI=1S/C12H24N2O/c1-3-12-9-14(4-5-15-12)8-10(2)11-6-13-7-11/h10-13H,3-9H2,1-2H3. The van der Waals surface area contributed by atoms with E-state index in [1.165, 1.54) is 19.6 Å². The van der Waals surface area contributed by atoms with Crippen molar-refractivity contribution >= 4 is 0 Å². The minimum Gasteiger partial charge on any atom is -0.376 e. The zero-order chi connectivity index (χ0) is 10.7. The highest BCUT2D eigenvalue weighted by Crippen LogP contribution is 2.18. The second kappa shape index (κ2) is 5.28. The van der Waals surface area contributed by atoms with Gasteiger partial charge in [0.2, 0.25) is 0 Å². The highest BCUT2D eigenvalue weighted by Gasteiger charge is 2.27. The van der Waals surface area contributed by atoms with E-state index in [2.05, 4.69) is 24.1 Å². The highest BCUT2D eigenvalue weighted by atomic mass is 16.5. The van der Waals surface area contributed by atoms with Gasteiger partial charge in [-0.15, -0.1) is 0 Å². The molecule has 15 heavy (non-hydrogen) atoms. The van der Waals surface area contributed by atoms with Crippen LogP contribution in [0.3, 0.4) is 0 Å². The van der Waals surface area contributed by atoms with Gasteiger partial charge in [0.25, 0.3) is 0 Å². The fraction of sp³-hybridized carbons (Fsp3) is 1.00. The van der Waals surface area contributed by atoms with Gasteiger partial charge in [0.15, 0.2) is 0 Å². The molecule has 0 saturated carbocycles. The largest absolute Gasteiger partial charge is 0.376 e. The molecule has 0 spiro atoms. The molecular formula is C12H24N2O. The minimum atomic E-state index is 0.477. The number of hydrogen-bond donors (Lipinski definition) is 1. The van der Waals surface area contributed by atoms with E-state index in [0.717, 1.165) is 38.0 Å². The van der Waals surface area contributed by atoms with Crippen molar-refractivity contribution in [1.29, 1.82) is 0 Å². The first-order chi connectivity index (χ1) is 7.29. The number of hydrogen-bond acceptors (Lipinski definition) is 3. The quantitative estimate of drug-likeness (QED) is 0.751. The molecule has 2 atom stereocenters. The van der Waals surface area contributed by atoms with Crippen LogP contribution in [0.5, 0.6) is 0 Å². The van der Waals surface area contributed by atoms with E-state index in [1.807, 2.05) is 0 Å². The maximum atomic E-state index is 5.69. The summed E-state index contributed by atoms with van der Waals surface area (Å²) in [5.41, 5.74) is 0. The molecule has 0 aromatic rings. The van der Waals surface area contributed by atoms with Gasteiger partial charge >= 0.3 is 0 Å². The lowest BCUT2D eigenvalue weighted by molar-refractivity contribution is -0.0368. The van der Waals surface area contributed by atoms with Crippen molar-refractivity contribution in [2.24, 2.45) is 11.8 Å². The summed E-state index contributed by atoms with van der Waals surface area (Å²) in [4.78, 5) is 2.58. The molecule has 3 heteroatoms. The van der Waals surface area contributed by atoms with Crippen LogP contribution in [0.2, 0.25) is 0 Å². The van der Waals surface area contributed by atoms with Gasteiger partial charge in [0, 0.05) is 19.6 Å². The SMILES string of the molecule is CCC1CN(CC(C)C2CNC2)CCO1. The van der Waals surface area contributed by atoms with E-state index < -0.39 is 0 Å². The fourth-order valence-electron chi connectivity index (χ4n) is 2.46. The van der Waals surface area contributed by atoms with Gasteiger partial charge < -0.3 is 10.1 Å². The lowest BCUT2D eigenvalue weighted by Crippen LogP contribution is -2.50. The topological polar surface area (TPSA) is 24.5 Å². The summed E-state index contributed by atoms with van der Waals surface area (Å²) in [5.74, 6) is 1.75. The van der Waals surface area contributed by atoms with E-state index >= 15 is 0 Å². The Labute approximate surface area is 93.2 Å². The molecule has 2 rings (SSSR count). The van der Waals surface area contributed by atoms with Crippen LogP contribution in [-0.4, -0.2) is 50.3 Å². The van der Waals surface area contributed by atoms with Crippen LogP contribution in [0.15, 0.2) is 0 Å². The number of nitrogens with one attached hydrogen (secondary N) is 1. The van der Waals surface area contributed by atoms with E-state index in [1.54, 1.807) is 0 Å². The maximum absolute atomic E-state index is 5.69. The summed E-state index contributed by atoms with van der Waals surface area (Å²) in [6.07, 6.45) is 1.63. The van der Waals surface area contributed by atoms with Crippen LogP contribution >= 0.6 is 0 Å². The second-order valence-electron chi connectivity index (χ2n) is 5.06. The number of ether oxygens (including phenoxy) is 1. The van der Waals surface area contributed by atoms with Crippen molar-refractivity contribution in [3.05, 3.63) is 0 Å². The normalized spacial score (nSPS) is 31.2. The molecule has 2 saturated heterocycles. The van der Waals surface area contributed by atoms with Crippen molar-refractivity contribution in [2.75, 3.05) is 39.3 Å². The van der Waals surface area contributed by atoms with Crippen LogP contribution < -0.4 is 5.32 Å². The molecular weight excluding hydrogens is 188 g/mol. The molecule has 2 fully saturated rings. The van der Waals surface area contributed by atoms with Crippen LogP contribution in [0.25, 0.3) is 0 Å². The number of morpholine rings is 1. The molecule has 1 N–H and O–H groups in total. The van der Waals surface area contributed by atoms with Crippen molar-refractivity contribution in [3.8, 4) is 0 Å². The summed E-state index contributed by atoms with van der Waals surface area (Å²) in [7, 11) is 0. The highest BCUT2D eigenvalue weighted by molar-refractivity contribution is 4.82. The zero-order valence-corrected chi connectivity index (χ0v) is 10.0. The minimum absolute atomic E-state index is 0.477. The van der Waals surface area contributed by atoms with Crippen LogP contribution in [0.4, 0.5) is 0 Å². The van der Waals surface area contributed by atoms with E-state index in [9.17, 15) is 0 Å². The predicted octanol–water partition coefficient (Wildman–Crippen LogP) is 0.953. The fourth-order valence-corrected chi connectivity index (χ4v) is 2.46. The average molecular weight is 212 g/mol. The molecule has 0 radical (unpaired) electrons. The average Bonchev–Trinajstić information content (AvgIpc) is 2.15. The van der Waals surface area contributed by atoms with E-state index in [-0.39, 0.29) is 0 Å². The maximum Gasteiger partial charge on any atom is 0.0700 e. The van der Waals surface area contributed by atoms with Gasteiger partial charge in [-0.1, -0.05) is 13.8 Å². The van der Waals surface area contributed by atoms with Gasteiger partial charge in [-0.25, -0.2) is 0 Å². The first-order valence-electron chi connectivity index (χ1n) is 6.34. The van der Waals surface area contributed by atoms with Crippen LogP contribution in [-0.2, 0) is 4.74 Å². The molecule has 0 bridgehead atoms. The summed E-state index contributed by atoms with van der Waals surface area (Å²) < 4.78 is 5.69. The smallest absolute Gasteiger partial charge is 0.0700 e. The monoisotopic (exact) mass is 212 g/mol. The van der Waals surface area contributed by atoms with Crippen LogP contribution in [0, 0.1) is 11.8 Å². The van der Waals surface area contributed by atoms with Gasteiger partial charge in [-0.2, -0.15) is 0 Å². The van der Waals surface area contributed by atoms with Crippen molar-refractivity contribution in [3.63, 3.8) is 0 Å². The third-order valence-electron chi connectivity index (χ3n) is 3.84. The Kier molecular flexibility index (Phi) is 4.00. The van der Waals surface area contributed by atoms with Gasteiger partial charge in [-0.05, 0) is 31.3 Å². The summed E-state index contributed by atoms with van der Waals surface area (Å²) >= 11 is 0. The molecule has 2 aliphatic heterocycles. The summed E-state index contributed by atoms with van der Waals surface area (Å²) in [5, 5.41) is 3.36. The third kappa shape index (κ3) is 2.92. The van der Waals surface area contributed by atoms with E-state index in [4.69, 9.17) is 4.74 Å². The van der Waals surface area contributed by atoms with Crippen LogP contribution in [0.1, 0.15) is 20.3 Å². The molecule has 0 aromatic carbocycles. The van der Waals surface area contributed by atoms with E-state index in [0.29, 0.717) is 6.10 Å². The van der Waals surface area contributed by atoms with Gasteiger partial charge in [0.1, 0.15) is 0 Å². The van der Waals surface area contributed by atoms with Crippen molar-refractivity contribution in [2.45, 2.75) is 26.4 Å². The Morgan fingerprint density at radius 1 is 1.47 bits per heavy atom. The predicted molar refractivity (Wildman–Crippen MR) is 62.0 cm³/mol. The Balaban J connectivity index is 1.72. The number of rotatable bonds is 4. The lowest BCUT2D eigenvalue weighted by atomic mass is 9.88. The second-order valence-corrected chi connectivity index (χ2v) is 5.06. The first-order valence-corrected chi connectivity index (χ1v) is 6.34. The van der Waals surface area contributed by atoms with Crippen molar-refractivity contribution in [1.82, 2.24) is 10.2 Å². The van der Waals surface area contributed by atoms with Crippen molar-refractivity contribution < 1.29 is 4.74 Å². The zero-order valence-electron chi connectivity index (χ0n) is 10.0. The molecule has 88 valence electrons. The molecule has 0 aliphatic carbocycles.